The summed E-state index contributed by atoms with van der Waals surface area (Å²) in [5.41, 5.74) is -0.508. The van der Waals surface area contributed by atoms with Gasteiger partial charge in [0.2, 0.25) is 11.8 Å². The SMILES string of the molecule is CC(C(=O)NCC(=O)Nc1ccc(F)c(F)c1F)N(C)Cc1ccco1. The second-order valence-corrected chi connectivity index (χ2v) is 5.66. The molecule has 2 N–H and O–H groups in total. The molecule has 1 atom stereocenters. The molecule has 2 rings (SSSR count). The van der Waals surface area contributed by atoms with Crippen molar-refractivity contribution in [3.8, 4) is 0 Å². The lowest BCUT2D eigenvalue weighted by Gasteiger charge is -2.22. The van der Waals surface area contributed by atoms with Gasteiger partial charge in [-0.25, -0.2) is 13.2 Å². The molecule has 0 aliphatic heterocycles. The Hall–Kier alpha value is -2.81. The third-order valence-electron chi connectivity index (χ3n) is 3.76. The number of anilines is 1. The fourth-order valence-electron chi connectivity index (χ4n) is 2.12. The molecule has 0 saturated carbocycles. The van der Waals surface area contributed by atoms with Crippen LogP contribution in [0.3, 0.4) is 0 Å². The summed E-state index contributed by atoms with van der Waals surface area (Å²) < 4.78 is 44.7. The summed E-state index contributed by atoms with van der Waals surface area (Å²) in [6, 6.07) is 4.53. The van der Waals surface area contributed by atoms with E-state index in [2.05, 4.69) is 10.6 Å². The van der Waals surface area contributed by atoms with Crippen molar-refractivity contribution in [3.63, 3.8) is 0 Å². The fourth-order valence-corrected chi connectivity index (χ4v) is 2.12. The van der Waals surface area contributed by atoms with Gasteiger partial charge in [-0.3, -0.25) is 14.5 Å². The number of benzene rings is 1. The number of nitrogens with one attached hydrogen (secondary N) is 2. The van der Waals surface area contributed by atoms with E-state index in [4.69, 9.17) is 4.42 Å². The van der Waals surface area contributed by atoms with Crippen LogP contribution in [-0.2, 0) is 16.1 Å². The van der Waals surface area contributed by atoms with Crippen LogP contribution in [0.15, 0.2) is 34.9 Å². The zero-order valence-electron chi connectivity index (χ0n) is 14.2. The molecular formula is C17H18F3N3O3. The van der Waals surface area contributed by atoms with E-state index in [1.165, 1.54) is 6.26 Å². The number of furan rings is 1. The minimum atomic E-state index is -1.68. The minimum absolute atomic E-state index is 0.397. The van der Waals surface area contributed by atoms with E-state index in [9.17, 15) is 22.8 Å². The highest BCUT2D eigenvalue weighted by molar-refractivity contribution is 5.95. The highest BCUT2D eigenvalue weighted by Gasteiger charge is 2.20. The quantitative estimate of drug-likeness (QED) is 0.735. The predicted octanol–water partition coefficient (Wildman–Crippen LogP) is 2.27. The molecule has 1 aromatic carbocycles. The average Bonchev–Trinajstić information content (AvgIpc) is 3.12. The molecule has 0 aliphatic rings. The second kappa shape index (κ2) is 8.52. The molecule has 2 amide bonds. The number of amides is 2. The number of carbonyl (C=O) groups is 2. The maximum atomic E-state index is 13.5. The van der Waals surface area contributed by atoms with Crippen molar-refractivity contribution in [1.82, 2.24) is 10.2 Å². The monoisotopic (exact) mass is 369 g/mol. The third-order valence-corrected chi connectivity index (χ3v) is 3.76. The maximum absolute atomic E-state index is 13.5. The van der Waals surface area contributed by atoms with E-state index in [0.717, 1.165) is 6.07 Å². The van der Waals surface area contributed by atoms with Crippen LogP contribution in [-0.4, -0.2) is 36.3 Å². The van der Waals surface area contributed by atoms with Gasteiger partial charge >= 0.3 is 0 Å². The molecule has 2 aromatic rings. The van der Waals surface area contributed by atoms with Gasteiger partial charge in [-0.1, -0.05) is 0 Å². The Morgan fingerprint density at radius 2 is 1.92 bits per heavy atom. The highest BCUT2D eigenvalue weighted by atomic mass is 19.2. The van der Waals surface area contributed by atoms with Crippen LogP contribution < -0.4 is 10.6 Å². The number of rotatable bonds is 7. The van der Waals surface area contributed by atoms with Gasteiger partial charge in [0.05, 0.1) is 31.1 Å². The predicted molar refractivity (Wildman–Crippen MR) is 87.6 cm³/mol. The van der Waals surface area contributed by atoms with E-state index in [0.29, 0.717) is 18.4 Å². The van der Waals surface area contributed by atoms with Crippen molar-refractivity contribution >= 4 is 17.5 Å². The fraction of sp³-hybridized carbons (Fsp3) is 0.294. The highest BCUT2D eigenvalue weighted by Crippen LogP contribution is 2.19. The van der Waals surface area contributed by atoms with Gasteiger partial charge in [0, 0.05) is 0 Å². The molecule has 0 saturated heterocycles. The molecule has 1 unspecified atom stereocenters. The molecule has 1 aromatic heterocycles. The molecule has 0 radical (unpaired) electrons. The van der Waals surface area contributed by atoms with E-state index in [1.54, 1.807) is 31.0 Å². The zero-order valence-corrected chi connectivity index (χ0v) is 14.2. The van der Waals surface area contributed by atoms with Crippen LogP contribution in [0.5, 0.6) is 0 Å². The van der Waals surface area contributed by atoms with Crippen LogP contribution in [0, 0.1) is 17.5 Å². The summed E-state index contributed by atoms with van der Waals surface area (Å²) in [4.78, 5) is 25.6. The van der Waals surface area contributed by atoms with Crippen LogP contribution in [0.1, 0.15) is 12.7 Å². The van der Waals surface area contributed by atoms with E-state index in [-0.39, 0.29) is 0 Å². The first kappa shape index (κ1) is 19.5. The molecular weight excluding hydrogens is 351 g/mol. The maximum Gasteiger partial charge on any atom is 0.243 e. The summed E-state index contributed by atoms with van der Waals surface area (Å²) >= 11 is 0. The largest absolute Gasteiger partial charge is 0.468 e. The van der Waals surface area contributed by atoms with Crippen LogP contribution >= 0.6 is 0 Å². The van der Waals surface area contributed by atoms with Gasteiger partial charge in [0.1, 0.15) is 5.76 Å². The zero-order chi connectivity index (χ0) is 19.3. The Morgan fingerprint density at radius 1 is 1.19 bits per heavy atom. The number of hydrogen-bond donors (Lipinski definition) is 2. The average molecular weight is 369 g/mol. The van der Waals surface area contributed by atoms with Crippen LogP contribution in [0.2, 0.25) is 0 Å². The molecule has 9 heteroatoms. The molecule has 6 nitrogen and oxygen atoms in total. The van der Waals surface area contributed by atoms with Crippen LogP contribution in [0.4, 0.5) is 18.9 Å². The van der Waals surface area contributed by atoms with Crippen molar-refractivity contribution in [1.29, 1.82) is 0 Å². The van der Waals surface area contributed by atoms with Crippen molar-refractivity contribution in [3.05, 3.63) is 53.7 Å². The number of carbonyl (C=O) groups excluding carboxylic acids is 2. The Bertz CT molecular complexity index is 781. The minimum Gasteiger partial charge on any atom is -0.468 e. The number of halogens is 3. The van der Waals surface area contributed by atoms with E-state index in [1.807, 2.05) is 0 Å². The molecule has 1 heterocycles. The lowest BCUT2D eigenvalue weighted by molar-refractivity contribution is -0.127. The number of likely N-dealkylation sites (N-methyl/N-ethyl adjacent to an activating group) is 1. The summed E-state index contributed by atoms with van der Waals surface area (Å²) in [5.74, 6) is -5.07. The number of nitrogens with zero attached hydrogens (tertiary/aromatic N) is 1. The van der Waals surface area contributed by atoms with E-state index >= 15 is 0 Å². The van der Waals surface area contributed by atoms with Crippen molar-refractivity contribution in [2.75, 3.05) is 18.9 Å². The molecule has 0 fully saturated rings. The van der Waals surface area contributed by atoms with Gasteiger partial charge in [-0.2, -0.15) is 0 Å². The summed E-state index contributed by atoms with van der Waals surface area (Å²) in [6.45, 7) is 1.59. The molecule has 26 heavy (non-hydrogen) atoms. The lowest BCUT2D eigenvalue weighted by atomic mass is 10.2. The third kappa shape index (κ3) is 4.85. The van der Waals surface area contributed by atoms with E-state index < -0.39 is 47.5 Å². The number of hydrogen-bond acceptors (Lipinski definition) is 4. The van der Waals surface area contributed by atoms with Gasteiger partial charge in [-0.05, 0) is 38.2 Å². The Morgan fingerprint density at radius 3 is 2.58 bits per heavy atom. The van der Waals surface area contributed by atoms with Gasteiger partial charge < -0.3 is 15.1 Å². The van der Waals surface area contributed by atoms with Crippen molar-refractivity contribution < 1.29 is 27.2 Å². The van der Waals surface area contributed by atoms with Gasteiger partial charge in [-0.15, -0.1) is 0 Å². The smallest absolute Gasteiger partial charge is 0.243 e. The summed E-state index contributed by atoms with van der Waals surface area (Å²) in [5, 5.41) is 4.47. The first-order valence-electron chi connectivity index (χ1n) is 7.73. The normalized spacial score (nSPS) is 12.1. The first-order chi connectivity index (χ1) is 12.3. The Labute approximate surface area is 148 Å². The van der Waals surface area contributed by atoms with Crippen molar-refractivity contribution in [2.45, 2.75) is 19.5 Å². The standard InChI is InChI=1S/C17H18F3N3O3/c1-10(23(2)9-11-4-3-7-26-11)17(25)21-8-14(24)22-13-6-5-12(18)15(19)16(13)20/h3-7,10H,8-9H2,1-2H3,(H,21,25)(H,22,24). The molecule has 0 bridgehead atoms. The molecule has 0 spiro atoms. The summed E-state index contributed by atoms with van der Waals surface area (Å²) in [6.07, 6.45) is 1.52. The molecule has 0 aliphatic carbocycles. The first-order valence-corrected chi connectivity index (χ1v) is 7.73. The Kier molecular flexibility index (Phi) is 6.40. The Balaban J connectivity index is 1.84. The van der Waals surface area contributed by atoms with Gasteiger partial charge in [0.25, 0.3) is 0 Å². The second-order valence-electron chi connectivity index (χ2n) is 5.66. The van der Waals surface area contributed by atoms with Crippen molar-refractivity contribution in [2.24, 2.45) is 0 Å². The molecule has 140 valence electrons. The lowest BCUT2D eigenvalue weighted by Crippen LogP contribution is -2.45. The topological polar surface area (TPSA) is 74.6 Å². The summed E-state index contributed by atoms with van der Waals surface area (Å²) in [7, 11) is 1.71. The van der Waals surface area contributed by atoms with Crippen LogP contribution in [0.25, 0.3) is 0 Å². The van der Waals surface area contributed by atoms with Gasteiger partial charge in [0.15, 0.2) is 17.5 Å².